The molecule has 0 bridgehead atoms. The first-order chi connectivity index (χ1) is 16.5. The zero-order valence-electron chi connectivity index (χ0n) is 18.3. The topological polar surface area (TPSA) is 99.7 Å². The van der Waals surface area contributed by atoms with Gasteiger partial charge in [0.15, 0.2) is 0 Å². The van der Waals surface area contributed by atoms with E-state index in [1.54, 1.807) is 39.6 Å². The SMILES string of the molecule is Cn1nccc1Nc1nccc(-c2cc(C#N)c3c(c2)CCN3S(=O)Cc2ccccc2Cl)n1. The van der Waals surface area contributed by atoms with Crippen molar-refractivity contribution in [3.63, 3.8) is 0 Å². The van der Waals surface area contributed by atoms with Crippen LogP contribution in [0.1, 0.15) is 16.7 Å². The minimum atomic E-state index is -1.35. The lowest BCUT2D eigenvalue weighted by molar-refractivity contribution is 0.679. The van der Waals surface area contributed by atoms with E-state index < -0.39 is 11.0 Å². The molecule has 0 radical (unpaired) electrons. The van der Waals surface area contributed by atoms with Gasteiger partial charge in [0, 0.05) is 36.4 Å². The molecule has 0 saturated heterocycles. The van der Waals surface area contributed by atoms with Gasteiger partial charge in [-0.1, -0.05) is 29.8 Å². The van der Waals surface area contributed by atoms with Gasteiger partial charge in [0.2, 0.25) is 5.95 Å². The van der Waals surface area contributed by atoms with Crippen molar-refractivity contribution in [2.75, 3.05) is 16.2 Å². The fourth-order valence-corrected chi connectivity index (χ4v) is 5.64. The highest BCUT2D eigenvalue weighted by molar-refractivity contribution is 7.85. The van der Waals surface area contributed by atoms with E-state index in [9.17, 15) is 9.47 Å². The summed E-state index contributed by atoms with van der Waals surface area (Å²) in [7, 11) is 0.475. The number of nitrogens with one attached hydrogen (secondary N) is 1. The summed E-state index contributed by atoms with van der Waals surface area (Å²) in [6, 6.07) is 17.1. The highest BCUT2D eigenvalue weighted by Gasteiger charge is 2.28. The van der Waals surface area contributed by atoms with Crippen molar-refractivity contribution >= 4 is 40.0 Å². The van der Waals surface area contributed by atoms with Crippen LogP contribution in [-0.4, -0.2) is 30.5 Å². The molecule has 0 fully saturated rings. The smallest absolute Gasteiger partial charge is 0.228 e. The lowest BCUT2D eigenvalue weighted by Gasteiger charge is -2.20. The molecule has 4 aromatic rings. The maximum Gasteiger partial charge on any atom is 0.228 e. The van der Waals surface area contributed by atoms with Crippen LogP contribution in [0.3, 0.4) is 0 Å². The molecule has 0 spiro atoms. The third-order valence-corrected chi connectivity index (χ3v) is 7.42. The maximum absolute atomic E-state index is 13.2. The van der Waals surface area contributed by atoms with E-state index in [0.29, 0.717) is 40.9 Å². The van der Waals surface area contributed by atoms with Crippen LogP contribution in [0.2, 0.25) is 5.02 Å². The highest BCUT2D eigenvalue weighted by Crippen LogP contribution is 2.37. The number of fused-ring (bicyclic) bond motifs is 1. The number of nitrogens with zero attached hydrogens (tertiary/aromatic N) is 6. The zero-order valence-corrected chi connectivity index (χ0v) is 19.8. The third kappa shape index (κ3) is 4.25. The van der Waals surface area contributed by atoms with Gasteiger partial charge < -0.3 is 5.32 Å². The fourth-order valence-electron chi connectivity index (χ4n) is 3.97. The summed E-state index contributed by atoms with van der Waals surface area (Å²) in [5.41, 5.74) is 4.48. The predicted molar refractivity (Wildman–Crippen MR) is 133 cm³/mol. The molecule has 1 aliphatic rings. The molecule has 0 saturated carbocycles. The Labute approximate surface area is 204 Å². The average Bonchev–Trinajstić information content (AvgIpc) is 3.46. The van der Waals surface area contributed by atoms with Crippen molar-refractivity contribution < 1.29 is 4.21 Å². The molecule has 5 rings (SSSR count). The van der Waals surface area contributed by atoms with Gasteiger partial charge in [0.25, 0.3) is 0 Å². The molecule has 1 unspecified atom stereocenters. The van der Waals surface area contributed by atoms with E-state index >= 15 is 0 Å². The minimum absolute atomic E-state index is 0.292. The van der Waals surface area contributed by atoms with Crippen LogP contribution in [0.15, 0.2) is 60.9 Å². The second-order valence-corrected chi connectivity index (χ2v) is 9.56. The molecule has 2 aromatic heterocycles. The molecule has 34 heavy (non-hydrogen) atoms. The largest absolute Gasteiger partial charge is 0.309 e. The van der Waals surface area contributed by atoms with Crippen LogP contribution in [-0.2, 0) is 30.2 Å². The number of benzene rings is 2. The van der Waals surface area contributed by atoms with Crippen LogP contribution >= 0.6 is 11.6 Å². The van der Waals surface area contributed by atoms with Crippen LogP contribution in [0.25, 0.3) is 11.3 Å². The number of halogens is 1. The maximum atomic E-state index is 13.2. The van der Waals surface area contributed by atoms with E-state index in [1.807, 2.05) is 37.4 Å². The summed E-state index contributed by atoms with van der Waals surface area (Å²) < 4.78 is 16.7. The van der Waals surface area contributed by atoms with Crippen molar-refractivity contribution in [2.24, 2.45) is 7.05 Å². The monoisotopic (exact) mass is 489 g/mol. The zero-order chi connectivity index (χ0) is 23.7. The summed E-state index contributed by atoms with van der Waals surface area (Å²) in [6.07, 6.45) is 4.05. The lowest BCUT2D eigenvalue weighted by Crippen LogP contribution is -2.25. The Morgan fingerprint density at radius 2 is 2.06 bits per heavy atom. The number of nitriles is 1. The summed E-state index contributed by atoms with van der Waals surface area (Å²) in [5.74, 6) is 1.49. The van der Waals surface area contributed by atoms with Crippen molar-refractivity contribution in [3.8, 4) is 17.3 Å². The van der Waals surface area contributed by atoms with Crippen molar-refractivity contribution in [1.82, 2.24) is 19.7 Å². The van der Waals surface area contributed by atoms with Crippen molar-refractivity contribution in [3.05, 3.63) is 82.6 Å². The number of rotatable bonds is 6. The molecule has 170 valence electrons. The number of anilines is 3. The standard InChI is InChI=1S/C24H20ClN7OS/c1-31-22(7-10-28-31)30-24-27-9-6-21(29-24)18-12-16-8-11-32(23(16)19(13-18)14-26)34(33)15-17-4-2-3-5-20(17)25/h2-7,9-10,12-13H,8,11,15H2,1H3,(H,27,29,30). The van der Waals surface area contributed by atoms with Gasteiger partial charge in [0.05, 0.1) is 28.9 Å². The van der Waals surface area contributed by atoms with Crippen LogP contribution in [0.5, 0.6) is 0 Å². The highest BCUT2D eigenvalue weighted by atomic mass is 35.5. The number of aromatic nitrogens is 4. The van der Waals surface area contributed by atoms with Gasteiger partial charge >= 0.3 is 0 Å². The van der Waals surface area contributed by atoms with Gasteiger partial charge in [0.1, 0.15) is 22.9 Å². The van der Waals surface area contributed by atoms with Gasteiger partial charge in [-0.3, -0.25) is 8.99 Å². The Kier molecular flexibility index (Phi) is 6.01. The van der Waals surface area contributed by atoms with E-state index in [2.05, 4.69) is 26.5 Å². The third-order valence-electron chi connectivity index (χ3n) is 5.64. The molecule has 2 aromatic carbocycles. The van der Waals surface area contributed by atoms with Crippen molar-refractivity contribution in [1.29, 1.82) is 5.26 Å². The molecular formula is C24H20ClN7OS. The van der Waals surface area contributed by atoms with Crippen molar-refractivity contribution in [2.45, 2.75) is 12.2 Å². The van der Waals surface area contributed by atoms with Gasteiger partial charge in [-0.05, 0) is 41.8 Å². The fraction of sp³-hybridized carbons (Fsp3) is 0.167. The average molecular weight is 490 g/mol. The van der Waals surface area contributed by atoms with Crippen LogP contribution in [0.4, 0.5) is 17.5 Å². The summed E-state index contributed by atoms with van der Waals surface area (Å²) >= 11 is 6.26. The Morgan fingerprint density at radius 1 is 1.21 bits per heavy atom. The molecule has 0 amide bonds. The Hall–Kier alpha value is -3.74. The Morgan fingerprint density at radius 3 is 2.82 bits per heavy atom. The molecule has 1 aliphatic heterocycles. The Balaban J connectivity index is 1.44. The van der Waals surface area contributed by atoms with Gasteiger partial charge in [-0.2, -0.15) is 10.4 Å². The van der Waals surface area contributed by atoms with Gasteiger partial charge in [-0.25, -0.2) is 14.2 Å². The summed E-state index contributed by atoms with van der Waals surface area (Å²) in [5, 5.41) is 17.8. The van der Waals surface area contributed by atoms with Crippen LogP contribution < -0.4 is 9.62 Å². The summed E-state index contributed by atoms with van der Waals surface area (Å²) in [6.45, 7) is 0.571. The first-order valence-corrected chi connectivity index (χ1v) is 12.2. The second kappa shape index (κ2) is 9.25. The first kappa shape index (κ1) is 22.1. The molecule has 1 atom stereocenters. The molecular weight excluding hydrogens is 470 g/mol. The van der Waals surface area contributed by atoms with E-state index in [-0.39, 0.29) is 0 Å². The van der Waals surface area contributed by atoms with E-state index in [4.69, 9.17) is 11.6 Å². The molecule has 10 heteroatoms. The number of aryl methyl sites for hydroxylation is 1. The number of hydrogen-bond donors (Lipinski definition) is 1. The molecule has 1 N–H and O–H groups in total. The first-order valence-electron chi connectivity index (χ1n) is 10.6. The Bertz CT molecular complexity index is 1450. The quantitative estimate of drug-likeness (QED) is 0.431. The molecule has 3 heterocycles. The summed E-state index contributed by atoms with van der Waals surface area (Å²) in [4.78, 5) is 8.91. The number of hydrogen-bond acceptors (Lipinski definition) is 6. The molecule has 0 aliphatic carbocycles. The second-order valence-electron chi connectivity index (χ2n) is 7.78. The molecule has 8 nitrogen and oxygen atoms in total. The van der Waals surface area contributed by atoms with Crippen LogP contribution in [0, 0.1) is 11.3 Å². The van der Waals surface area contributed by atoms with Gasteiger partial charge in [-0.15, -0.1) is 0 Å². The normalized spacial score (nSPS) is 13.4. The lowest BCUT2D eigenvalue weighted by atomic mass is 10.0. The minimum Gasteiger partial charge on any atom is -0.309 e. The van der Waals surface area contributed by atoms with E-state index in [0.717, 1.165) is 28.2 Å². The van der Waals surface area contributed by atoms with E-state index in [1.165, 1.54) is 0 Å². The predicted octanol–water partition coefficient (Wildman–Crippen LogP) is 4.37.